The Hall–Kier alpha value is 0.250. The van der Waals surface area contributed by atoms with Crippen molar-refractivity contribution in [3.05, 3.63) is 0 Å². The molecule has 0 fully saturated rings. The zero-order valence-electron chi connectivity index (χ0n) is 5.03. The molecule has 0 radical (unpaired) electrons. The highest BCUT2D eigenvalue weighted by molar-refractivity contribution is 6.21. The van der Waals surface area contributed by atoms with Gasteiger partial charge in [0.2, 0.25) is 0 Å². The summed E-state index contributed by atoms with van der Waals surface area (Å²) in [6, 6.07) is 0. The van der Waals surface area contributed by atoms with E-state index in [0.717, 1.165) is 0 Å². The Bertz CT molecular complexity index is 53.6. The van der Waals surface area contributed by atoms with Gasteiger partial charge in [0.25, 0.3) is 0 Å². The molecule has 0 aliphatic rings. The third-order valence-electron chi connectivity index (χ3n) is 1.03. The molecule has 0 rings (SSSR count). The van der Waals surface area contributed by atoms with Crippen LogP contribution in [0.4, 0.5) is 0 Å². The first-order valence-electron chi connectivity index (χ1n) is 2.37. The average molecular weight is 122 g/mol. The van der Waals surface area contributed by atoms with E-state index in [-0.39, 0.29) is 10.9 Å². The van der Waals surface area contributed by atoms with E-state index in [2.05, 4.69) is 0 Å². The van der Waals surface area contributed by atoms with E-state index in [1.807, 2.05) is 20.8 Å². The maximum absolute atomic E-state index is 5.63. The highest BCUT2D eigenvalue weighted by atomic mass is 35.5. The minimum atomic E-state index is -0.235. The number of hydrogen-bond acceptors (Lipinski definition) is 1. The molecule has 0 aliphatic carbocycles. The summed E-state index contributed by atoms with van der Waals surface area (Å²) < 4.78 is 0. The van der Waals surface area contributed by atoms with E-state index >= 15 is 0 Å². The van der Waals surface area contributed by atoms with Crippen LogP contribution in [0.1, 0.15) is 20.8 Å². The molecule has 0 spiro atoms. The van der Waals surface area contributed by atoms with E-state index < -0.39 is 0 Å². The molecule has 0 aliphatic heterocycles. The summed E-state index contributed by atoms with van der Waals surface area (Å²) in [6.45, 7) is 5.71. The molecule has 0 aromatic heterocycles. The van der Waals surface area contributed by atoms with E-state index in [1.165, 1.54) is 0 Å². The van der Waals surface area contributed by atoms with Gasteiger partial charge in [-0.1, -0.05) is 0 Å². The number of rotatable bonds is 1. The average Bonchev–Trinajstić information content (AvgIpc) is 1.31. The molecule has 1 atom stereocenters. The number of hydrogen-bond donors (Lipinski definition) is 1. The molecular formula is C5H12ClN. The molecule has 2 heteroatoms. The summed E-state index contributed by atoms with van der Waals surface area (Å²) >= 11 is 5.63. The fourth-order valence-electron chi connectivity index (χ4n) is 0. The van der Waals surface area contributed by atoms with Crippen LogP contribution in [0.2, 0.25) is 0 Å². The quantitative estimate of drug-likeness (QED) is 0.521. The molecule has 0 amide bonds. The van der Waals surface area contributed by atoms with Crippen LogP contribution in [-0.4, -0.2) is 10.9 Å². The maximum atomic E-state index is 5.63. The molecule has 0 aromatic carbocycles. The fourth-order valence-corrected chi connectivity index (χ4v) is 0. The molecule has 0 aromatic rings. The summed E-state index contributed by atoms with van der Waals surface area (Å²) in [5.41, 5.74) is 5.31. The standard InChI is InChI=1S/C5H12ClN/c1-4(6)5(2,3)7/h4H,7H2,1-3H3. The lowest BCUT2D eigenvalue weighted by Gasteiger charge is -2.20. The second-order valence-corrected chi connectivity index (χ2v) is 3.09. The van der Waals surface area contributed by atoms with Gasteiger partial charge in [0, 0.05) is 10.9 Å². The molecule has 44 valence electrons. The monoisotopic (exact) mass is 121 g/mol. The van der Waals surface area contributed by atoms with Gasteiger partial charge in [0.15, 0.2) is 0 Å². The Balaban J connectivity index is 3.54. The zero-order valence-corrected chi connectivity index (χ0v) is 5.79. The van der Waals surface area contributed by atoms with E-state index in [9.17, 15) is 0 Å². The topological polar surface area (TPSA) is 26.0 Å². The Morgan fingerprint density at radius 3 is 1.71 bits per heavy atom. The van der Waals surface area contributed by atoms with Crippen molar-refractivity contribution in [2.24, 2.45) is 5.73 Å². The van der Waals surface area contributed by atoms with Crippen molar-refractivity contribution in [2.45, 2.75) is 31.7 Å². The molecular weight excluding hydrogens is 110 g/mol. The van der Waals surface area contributed by atoms with Gasteiger partial charge in [-0.05, 0) is 20.8 Å². The SMILES string of the molecule is CC(Cl)C(C)(C)N. The predicted octanol–water partition coefficient (Wildman–Crippen LogP) is 1.35. The highest BCUT2D eigenvalue weighted by Gasteiger charge is 2.16. The normalized spacial score (nSPS) is 16.7. The van der Waals surface area contributed by atoms with Crippen molar-refractivity contribution >= 4 is 11.6 Å². The first kappa shape index (κ1) is 7.25. The summed E-state index contributed by atoms with van der Waals surface area (Å²) in [7, 11) is 0. The van der Waals surface area contributed by atoms with Crippen LogP contribution in [0.25, 0.3) is 0 Å². The van der Waals surface area contributed by atoms with Crippen molar-refractivity contribution < 1.29 is 0 Å². The van der Waals surface area contributed by atoms with Crippen LogP contribution in [0.5, 0.6) is 0 Å². The Kier molecular flexibility index (Phi) is 2.09. The largest absolute Gasteiger partial charge is 0.324 e. The third kappa shape index (κ3) is 2.89. The highest BCUT2D eigenvalue weighted by Crippen LogP contribution is 2.09. The van der Waals surface area contributed by atoms with E-state index in [0.29, 0.717) is 0 Å². The summed E-state index contributed by atoms with van der Waals surface area (Å²) in [5, 5.41) is 0.0486. The van der Waals surface area contributed by atoms with Crippen molar-refractivity contribution in [3.63, 3.8) is 0 Å². The zero-order chi connectivity index (χ0) is 6.08. The molecule has 1 unspecified atom stereocenters. The number of halogens is 1. The second kappa shape index (κ2) is 2.01. The van der Waals surface area contributed by atoms with Crippen molar-refractivity contribution in [1.29, 1.82) is 0 Å². The Morgan fingerprint density at radius 2 is 1.71 bits per heavy atom. The van der Waals surface area contributed by atoms with Gasteiger partial charge in [0.05, 0.1) is 0 Å². The van der Waals surface area contributed by atoms with Crippen molar-refractivity contribution in [1.82, 2.24) is 0 Å². The van der Waals surface area contributed by atoms with E-state index in [1.54, 1.807) is 0 Å². The second-order valence-electron chi connectivity index (χ2n) is 2.44. The Morgan fingerprint density at radius 1 is 1.57 bits per heavy atom. The number of alkyl halides is 1. The molecule has 2 N–H and O–H groups in total. The van der Waals surface area contributed by atoms with Gasteiger partial charge in [0.1, 0.15) is 0 Å². The lowest BCUT2D eigenvalue weighted by Crippen LogP contribution is -2.40. The van der Waals surface area contributed by atoms with Gasteiger partial charge in [-0.3, -0.25) is 0 Å². The maximum Gasteiger partial charge on any atom is 0.0482 e. The van der Waals surface area contributed by atoms with Crippen LogP contribution in [0, 0.1) is 0 Å². The molecule has 0 saturated heterocycles. The minimum absolute atomic E-state index is 0.0486. The first-order valence-corrected chi connectivity index (χ1v) is 2.81. The van der Waals surface area contributed by atoms with Gasteiger partial charge in [-0.15, -0.1) is 11.6 Å². The lowest BCUT2D eigenvalue weighted by atomic mass is 10.0. The lowest BCUT2D eigenvalue weighted by molar-refractivity contribution is 0.509. The predicted molar refractivity (Wildman–Crippen MR) is 33.6 cm³/mol. The minimum Gasteiger partial charge on any atom is -0.324 e. The molecule has 0 bridgehead atoms. The van der Waals surface area contributed by atoms with Crippen LogP contribution >= 0.6 is 11.6 Å². The molecule has 7 heavy (non-hydrogen) atoms. The summed E-state index contributed by atoms with van der Waals surface area (Å²) in [4.78, 5) is 0. The van der Waals surface area contributed by atoms with Gasteiger partial charge in [-0.2, -0.15) is 0 Å². The van der Waals surface area contributed by atoms with Gasteiger partial charge < -0.3 is 5.73 Å². The van der Waals surface area contributed by atoms with Crippen molar-refractivity contribution in [2.75, 3.05) is 0 Å². The van der Waals surface area contributed by atoms with Crippen molar-refractivity contribution in [3.8, 4) is 0 Å². The van der Waals surface area contributed by atoms with Crippen LogP contribution in [-0.2, 0) is 0 Å². The summed E-state index contributed by atoms with van der Waals surface area (Å²) in [5.74, 6) is 0. The molecule has 0 heterocycles. The van der Waals surface area contributed by atoms with Crippen LogP contribution in [0.3, 0.4) is 0 Å². The Labute approximate surface area is 49.8 Å². The molecule has 1 nitrogen and oxygen atoms in total. The molecule has 0 saturated carbocycles. The third-order valence-corrected chi connectivity index (χ3v) is 1.59. The summed E-state index contributed by atoms with van der Waals surface area (Å²) in [6.07, 6.45) is 0. The number of nitrogens with two attached hydrogens (primary N) is 1. The first-order chi connectivity index (χ1) is 2.94. The van der Waals surface area contributed by atoms with Crippen LogP contribution < -0.4 is 5.73 Å². The smallest absolute Gasteiger partial charge is 0.0482 e. The van der Waals surface area contributed by atoms with Crippen LogP contribution in [0.15, 0.2) is 0 Å². The van der Waals surface area contributed by atoms with Gasteiger partial charge >= 0.3 is 0 Å². The van der Waals surface area contributed by atoms with E-state index in [4.69, 9.17) is 17.3 Å². The fraction of sp³-hybridized carbons (Fsp3) is 1.00. The van der Waals surface area contributed by atoms with Gasteiger partial charge in [-0.25, -0.2) is 0 Å².